The second-order valence-electron chi connectivity index (χ2n) is 6.36. The summed E-state index contributed by atoms with van der Waals surface area (Å²) >= 11 is 0. The van der Waals surface area contributed by atoms with Crippen LogP contribution in [0.1, 0.15) is 79.1 Å². The molecule has 0 amide bonds. The van der Waals surface area contributed by atoms with Crippen molar-refractivity contribution >= 4 is 11.9 Å². The zero-order valence-corrected chi connectivity index (χ0v) is 14.1. The number of carbonyl (C=O) groups excluding carboxylic acids is 1. The lowest BCUT2D eigenvalue weighted by Crippen LogP contribution is -2.03. The first-order valence-electron chi connectivity index (χ1n) is 7.69. The van der Waals surface area contributed by atoms with E-state index in [1.807, 2.05) is 0 Å². The summed E-state index contributed by atoms with van der Waals surface area (Å²) in [6, 6.07) is 0. The van der Waals surface area contributed by atoms with E-state index in [0.717, 1.165) is 19.8 Å². The molecule has 0 saturated heterocycles. The molecule has 0 rings (SSSR count). The summed E-state index contributed by atoms with van der Waals surface area (Å²) in [5.74, 6) is -0.993. The van der Waals surface area contributed by atoms with E-state index in [2.05, 4.69) is 32.1 Å². The van der Waals surface area contributed by atoms with Crippen molar-refractivity contribution in [2.24, 2.45) is 5.41 Å². The summed E-state index contributed by atoms with van der Waals surface area (Å²) < 4.78 is 4.65. The smallest absolute Gasteiger partial charge is 0.310 e. The fourth-order valence-electron chi connectivity index (χ4n) is 1.78. The van der Waals surface area contributed by atoms with E-state index in [1.165, 1.54) is 38.4 Å². The summed E-state index contributed by atoms with van der Waals surface area (Å²) in [6.45, 7) is 11.3. The maximum Gasteiger partial charge on any atom is 0.310 e. The number of aliphatic carboxylic acids is 1. The van der Waals surface area contributed by atoms with Gasteiger partial charge in [0.2, 0.25) is 0 Å². The van der Waals surface area contributed by atoms with Gasteiger partial charge in [0.15, 0.2) is 0 Å². The van der Waals surface area contributed by atoms with Gasteiger partial charge in [-0.15, -0.1) is 0 Å². The van der Waals surface area contributed by atoms with E-state index < -0.39 is 5.97 Å². The van der Waals surface area contributed by atoms with Gasteiger partial charge in [-0.3, -0.25) is 9.59 Å². The van der Waals surface area contributed by atoms with Gasteiger partial charge in [-0.05, 0) is 18.3 Å². The third-order valence-electron chi connectivity index (χ3n) is 2.77. The highest BCUT2D eigenvalue weighted by molar-refractivity contribution is 5.69. The van der Waals surface area contributed by atoms with Crippen LogP contribution in [0.2, 0.25) is 0 Å². The Bertz CT molecular complexity index is 286. The number of carbonyl (C=O) groups is 2. The molecule has 0 unspecified atom stereocenters. The monoisotopic (exact) mass is 300 g/mol. The Balaban J connectivity index is 0. The highest BCUT2D eigenvalue weighted by Gasteiger charge is 2.08. The van der Waals surface area contributed by atoms with Gasteiger partial charge in [0.05, 0.1) is 6.26 Å². The first kappa shape index (κ1) is 22.0. The summed E-state index contributed by atoms with van der Waals surface area (Å²) in [5.41, 5.74) is 0.467. The van der Waals surface area contributed by atoms with Gasteiger partial charge in [0.1, 0.15) is 0 Å². The van der Waals surface area contributed by atoms with Crippen molar-refractivity contribution in [1.82, 2.24) is 0 Å². The second kappa shape index (κ2) is 13.7. The number of carboxylic acids is 1. The predicted molar refractivity (Wildman–Crippen MR) is 86.0 cm³/mol. The third-order valence-corrected chi connectivity index (χ3v) is 2.77. The zero-order chi connectivity index (χ0) is 16.7. The Hall–Kier alpha value is -1.32. The number of carboxylic acid groups (broad SMARTS) is 1. The van der Waals surface area contributed by atoms with Crippen molar-refractivity contribution in [2.45, 2.75) is 79.1 Å². The summed E-state index contributed by atoms with van der Waals surface area (Å²) in [7, 11) is 0. The first-order valence-corrected chi connectivity index (χ1v) is 7.69. The van der Waals surface area contributed by atoms with Crippen LogP contribution < -0.4 is 0 Å². The lowest BCUT2D eigenvalue weighted by Gasteiger charge is -2.17. The molecule has 0 saturated carbocycles. The number of hydrogen-bond donors (Lipinski definition) is 1. The minimum Gasteiger partial charge on any atom is -0.481 e. The van der Waals surface area contributed by atoms with Crippen molar-refractivity contribution in [3.63, 3.8) is 0 Å². The summed E-state index contributed by atoms with van der Waals surface area (Å²) in [5, 5.41) is 7.42. The summed E-state index contributed by atoms with van der Waals surface area (Å²) in [6.07, 6.45) is 10.2. The number of hydrogen-bond acceptors (Lipinski definition) is 3. The molecule has 21 heavy (non-hydrogen) atoms. The van der Waals surface area contributed by atoms with Gasteiger partial charge < -0.3 is 9.84 Å². The average Bonchev–Trinajstić information content (AvgIpc) is 2.30. The molecule has 4 nitrogen and oxygen atoms in total. The Morgan fingerprint density at radius 1 is 1.05 bits per heavy atom. The molecule has 1 N–H and O–H groups in total. The third kappa shape index (κ3) is 27.8. The highest BCUT2D eigenvalue weighted by Crippen LogP contribution is 2.22. The van der Waals surface area contributed by atoms with Crippen LogP contribution in [0.5, 0.6) is 0 Å². The van der Waals surface area contributed by atoms with Gasteiger partial charge in [0, 0.05) is 13.3 Å². The molecular formula is C17H32O4. The van der Waals surface area contributed by atoms with Crippen LogP contribution in [0.25, 0.3) is 0 Å². The normalized spacial score (nSPS) is 10.3. The molecule has 0 aliphatic rings. The van der Waals surface area contributed by atoms with Crippen LogP contribution in [-0.4, -0.2) is 17.0 Å². The topological polar surface area (TPSA) is 63.6 Å². The zero-order valence-electron chi connectivity index (χ0n) is 14.1. The molecular weight excluding hydrogens is 268 g/mol. The number of unbranched alkanes of at least 4 members (excludes halogenated alkanes) is 5. The number of ether oxygens (including phenoxy) is 1. The van der Waals surface area contributed by atoms with Crippen molar-refractivity contribution in [3.05, 3.63) is 12.8 Å². The van der Waals surface area contributed by atoms with Crippen LogP contribution in [-0.2, 0) is 14.3 Å². The van der Waals surface area contributed by atoms with Crippen LogP contribution >= 0.6 is 0 Å². The standard InChI is InChI=1S/C15H28O2.C2H4O2/c1-5-17-14(16)12-10-8-6-7-9-11-13-15(2,3)4;1-2(3)4/h5H,1,6-13H2,2-4H3;1H3,(H,3,4). The van der Waals surface area contributed by atoms with Crippen LogP contribution in [0.4, 0.5) is 0 Å². The van der Waals surface area contributed by atoms with Gasteiger partial charge in [-0.1, -0.05) is 59.5 Å². The van der Waals surface area contributed by atoms with E-state index in [4.69, 9.17) is 9.90 Å². The van der Waals surface area contributed by atoms with E-state index >= 15 is 0 Å². The average molecular weight is 300 g/mol. The molecule has 0 heterocycles. The van der Waals surface area contributed by atoms with Crippen LogP contribution in [0.3, 0.4) is 0 Å². The number of rotatable bonds is 9. The second-order valence-corrected chi connectivity index (χ2v) is 6.36. The molecule has 0 aromatic carbocycles. The number of esters is 1. The molecule has 4 heteroatoms. The Morgan fingerprint density at radius 3 is 1.90 bits per heavy atom. The fourth-order valence-corrected chi connectivity index (χ4v) is 1.78. The van der Waals surface area contributed by atoms with E-state index in [9.17, 15) is 4.79 Å². The molecule has 0 radical (unpaired) electrons. The molecule has 0 atom stereocenters. The molecule has 124 valence electrons. The van der Waals surface area contributed by atoms with Crippen molar-refractivity contribution in [3.8, 4) is 0 Å². The van der Waals surface area contributed by atoms with Crippen LogP contribution in [0, 0.1) is 5.41 Å². The van der Waals surface area contributed by atoms with Crippen molar-refractivity contribution in [1.29, 1.82) is 0 Å². The SMILES string of the molecule is C=COC(=O)CCCCCCCCC(C)(C)C.CC(=O)O. The minimum absolute atomic E-state index is 0.160. The first-order chi connectivity index (χ1) is 9.69. The van der Waals surface area contributed by atoms with Crippen molar-refractivity contribution < 1.29 is 19.4 Å². The molecule has 0 spiro atoms. The van der Waals surface area contributed by atoms with Crippen molar-refractivity contribution in [2.75, 3.05) is 0 Å². The Kier molecular flexibility index (Phi) is 14.3. The molecule has 0 aromatic heterocycles. The quantitative estimate of drug-likeness (QED) is 0.372. The Morgan fingerprint density at radius 2 is 1.48 bits per heavy atom. The van der Waals surface area contributed by atoms with E-state index in [-0.39, 0.29) is 5.97 Å². The summed E-state index contributed by atoms with van der Waals surface area (Å²) in [4.78, 5) is 20.0. The van der Waals surface area contributed by atoms with Crippen LogP contribution in [0.15, 0.2) is 12.8 Å². The Labute approximate surface area is 129 Å². The minimum atomic E-state index is -0.833. The van der Waals surface area contributed by atoms with Gasteiger partial charge in [0.25, 0.3) is 5.97 Å². The lowest BCUT2D eigenvalue weighted by atomic mass is 9.89. The molecule has 0 aliphatic heterocycles. The van der Waals surface area contributed by atoms with Gasteiger partial charge in [-0.25, -0.2) is 0 Å². The molecule has 0 aliphatic carbocycles. The predicted octanol–water partition coefficient (Wildman–Crippen LogP) is 4.93. The van der Waals surface area contributed by atoms with Gasteiger partial charge >= 0.3 is 5.97 Å². The largest absolute Gasteiger partial charge is 0.481 e. The fraction of sp³-hybridized carbons (Fsp3) is 0.765. The highest BCUT2D eigenvalue weighted by atomic mass is 16.5. The maximum atomic E-state index is 11.0. The maximum absolute atomic E-state index is 11.0. The van der Waals surface area contributed by atoms with E-state index in [0.29, 0.717) is 11.8 Å². The van der Waals surface area contributed by atoms with Gasteiger partial charge in [-0.2, -0.15) is 0 Å². The molecule has 0 fully saturated rings. The lowest BCUT2D eigenvalue weighted by molar-refractivity contribution is -0.138. The molecule has 0 bridgehead atoms. The van der Waals surface area contributed by atoms with E-state index in [1.54, 1.807) is 0 Å². The molecule has 0 aromatic rings.